The van der Waals surface area contributed by atoms with Crippen LogP contribution in [0.3, 0.4) is 0 Å². The zero-order valence-corrected chi connectivity index (χ0v) is 10.0. The van der Waals surface area contributed by atoms with E-state index in [0.717, 1.165) is 4.90 Å². The van der Waals surface area contributed by atoms with Crippen molar-refractivity contribution < 1.29 is 14.3 Å². The zero-order chi connectivity index (χ0) is 12.6. The summed E-state index contributed by atoms with van der Waals surface area (Å²) in [4.78, 5) is 12.6. The van der Waals surface area contributed by atoms with E-state index in [9.17, 15) is 14.3 Å². The first-order chi connectivity index (χ1) is 8.02. The van der Waals surface area contributed by atoms with Gasteiger partial charge in [0.25, 0.3) is 5.91 Å². The van der Waals surface area contributed by atoms with Crippen molar-refractivity contribution in [2.45, 2.75) is 12.8 Å². The topological polar surface area (TPSA) is 40.5 Å². The van der Waals surface area contributed by atoms with Gasteiger partial charge >= 0.3 is 0 Å². The van der Waals surface area contributed by atoms with Crippen LogP contribution in [0.4, 0.5) is 4.39 Å². The molecule has 3 nitrogen and oxygen atoms in total. The molecule has 17 heavy (non-hydrogen) atoms. The molecular weight excluding hydrogens is 268 g/mol. The molecular formula is C11H8Cl2FNO2. The summed E-state index contributed by atoms with van der Waals surface area (Å²) in [6, 6.07) is 5.98. The smallest absolute Gasteiger partial charge is 0.269 e. The number of halogens is 3. The fourth-order valence-corrected chi connectivity index (χ4v) is 1.96. The Morgan fingerprint density at radius 1 is 1.35 bits per heavy atom. The van der Waals surface area contributed by atoms with Crippen LogP contribution < -0.4 is 0 Å². The maximum absolute atomic E-state index is 13.4. The predicted octanol–water partition coefficient (Wildman–Crippen LogP) is 2.18. The van der Waals surface area contributed by atoms with Crippen LogP contribution in [0, 0.1) is 5.82 Å². The van der Waals surface area contributed by atoms with Crippen molar-refractivity contribution in [1.29, 1.82) is 0 Å². The van der Waals surface area contributed by atoms with Crippen LogP contribution >= 0.6 is 23.2 Å². The molecule has 6 heteroatoms. The number of carbonyl (C=O) groups is 1. The molecule has 0 aromatic heterocycles. The quantitative estimate of drug-likeness (QED) is 0.899. The van der Waals surface area contributed by atoms with Crippen LogP contribution in [0.2, 0.25) is 0 Å². The Labute approximate surface area is 107 Å². The van der Waals surface area contributed by atoms with Crippen molar-refractivity contribution in [3.63, 3.8) is 0 Å². The van der Waals surface area contributed by atoms with Crippen LogP contribution in [0.15, 0.2) is 34.3 Å². The van der Waals surface area contributed by atoms with Crippen LogP contribution in [0.25, 0.3) is 0 Å². The Hall–Kier alpha value is -1.10. The van der Waals surface area contributed by atoms with Gasteiger partial charge in [-0.25, -0.2) is 4.39 Å². The van der Waals surface area contributed by atoms with Crippen molar-refractivity contribution in [2.24, 2.45) is 0 Å². The maximum Gasteiger partial charge on any atom is 0.269 e. The zero-order valence-electron chi connectivity index (χ0n) is 8.53. The predicted molar refractivity (Wildman–Crippen MR) is 61.7 cm³/mol. The third-order valence-electron chi connectivity index (χ3n) is 2.48. The molecule has 1 aromatic carbocycles. The van der Waals surface area contributed by atoms with Gasteiger partial charge in [0.1, 0.15) is 10.8 Å². The number of nitrogens with zero attached hydrogens (tertiary/aromatic N) is 1. The first-order valence-electron chi connectivity index (χ1n) is 4.80. The number of benzene rings is 1. The van der Waals surface area contributed by atoms with E-state index >= 15 is 0 Å². The number of aliphatic hydroxyl groups is 1. The summed E-state index contributed by atoms with van der Waals surface area (Å²) in [5, 5.41) is 9.30. The maximum atomic E-state index is 13.4. The summed E-state index contributed by atoms with van der Waals surface area (Å²) in [7, 11) is 0. The number of amides is 1. The van der Waals surface area contributed by atoms with Crippen molar-refractivity contribution in [3.05, 3.63) is 45.7 Å². The third-order valence-corrected chi connectivity index (χ3v) is 3.32. The van der Waals surface area contributed by atoms with E-state index in [-0.39, 0.29) is 22.2 Å². The Bertz CT molecular complexity index is 504. The number of hydrogen-bond donors (Lipinski definition) is 1. The lowest BCUT2D eigenvalue weighted by Crippen LogP contribution is -2.34. The minimum atomic E-state index is -1.31. The highest BCUT2D eigenvalue weighted by molar-refractivity contribution is 6.49. The highest BCUT2D eigenvalue weighted by Gasteiger charge is 2.36. The van der Waals surface area contributed by atoms with Gasteiger partial charge in [0.15, 0.2) is 6.23 Å². The van der Waals surface area contributed by atoms with Crippen LogP contribution in [-0.2, 0) is 11.3 Å². The molecule has 0 saturated heterocycles. The van der Waals surface area contributed by atoms with Gasteiger partial charge in [0.2, 0.25) is 0 Å². The molecule has 0 bridgehead atoms. The molecule has 1 aromatic rings. The molecule has 1 heterocycles. The summed E-state index contributed by atoms with van der Waals surface area (Å²) in [6.45, 7) is -0.0842. The Morgan fingerprint density at radius 3 is 2.53 bits per heavy atom. The Kier molecular flexibility index (Phi) is 3.38. The molecule has 1 amide bonds. The fourth-order valence-electron chi connectivity index (χ4n) is 1.56. The fraction of sp³-hybridized carbons (Fsp3) is 0.182. The molecule has 2 rings (SSSR count). The van der Waals surface area contributed by atoms with E-state index in [1.807, 2.05) is 0 Å². The summed E-state index contributed by atoms with van der Waals surface area (Å²) in [6.07, 6.45) is -1.31. The van der Waals surface area contributed by atoms with E-state index in [4.69, 9.17) is 23.2 Å². The molecule has 0 radical (unpaired) electrons. The lowest BCUT2D eigenvalue weighted by atomic mass is 10.2. The lowest BCUT2D eigenvalue weighted by Gasteiger charge is -2.21. The van der Waals surface area contributed by atoms with Gasteiger partial charge in [0.05, 0.1) is 11.6 Å². The summed E-state index contributed by atoms with van der Waals surface area (Å²) in [5.74, 6) is -1.06. The number of hydrogen-bond acceptors (Lipinski definition) is 2. The lowest BCUT2D eigenvalue weighted by molar-refractivity contribution is -0.132. The van der Waals surface area contributed by atoms with Crippen molar-refractivity contribution in [2.75, 3.05) is 0 Å². The minimum absolute atomic E-state index is 0.0842. The Morgan fingerprint density at radius 2 is 2.00 bits per heavy atom. The first kappa shape index (κ1) is 12.4. The van der Waals surface area contributed by atoms with Crippen molar-refractivity contribution >= 4 is 29.1 Å². The van der Waals surface area contributed by atoms with E-state index in [1.165, 1.54) is 12.1 Å². The standard InChI is InChI=1S/C11H8Cl2FNO2/c12-8-9(13)11(17)15(10(8)16)5-6-3-1-2-4-7(6)14/h1-4,10,16H,5H2. The normalized spacial score (nSPS) is 20.4. The Balaban J connectivity index is 2.23. The average molecular weight is 276 g/mol. The second-order valence-electron chi connectivity index (χ2n) is 3.56. The molecule has 0 fully saturated rings. The average Bonchev–Trinajstić information content (AvgIpc) is 2.50. The molecule has 1 N–H and O–H groups in total. The van der Waals surface area contributed by atoms with Gasteiger partial charge in [-0.15, -0.1) is 0 Å². The molecule has 0 aliphatic carbocycles. The molecule has 1 aliphatic heterocycles. The molecule has 90 valence electrons. The second kappa shape index (κ2) is 4.64. The largest absolute Gasteiger partial charge is 0.368 e. The molecule has 1 atom stereocenters. The van der Waals surface area contributed by atoms with Crippen molar-refractivity contribution in [1.82, 2.24) is 4.90 Å². The molecule has 0 saturated carbocycles. The first-order valence-corrected chi connectivity index (χ1v) is 5.55. The van der Waals surface area contributed by atoms with Crippen LogP contribution in [-0.4, -0.2) is 22.1 Å². The highest BCUT2D eigenvalue weighted by Crippen LogP contribution is 2.31. The van der Waals surface area contributed by atoms with E-state index in [2.05, 4.69) is 0 Å². The summed E-state index contributed by atoms with van der Waals surface area (Å²) < 4.78 is 13.4. The number of carbonyl (C=O) groups excluding carboxylic acids is 1. The second-order valence-corrected chi connectivity index (χ2v) is 4.35. The summed E-state index contributed by atoms with van der Waals surface area (Å²) >= 11 is 11.3. The molecule has 1 unspecified atom stereocenters. The van der Waals surface area contributed by atoms with Gasteiger partial charge in [0, 0.05) is 5.56 Å². The van der Waals surface area contributed by atoms with Gasteiger partial charge < -0.3 is 10.0 Å². The monoisotopic (exact) mass is 275 g/mol. The highest BCUT2D eigenvalue weighted by atomic mass is 35.5. The third kappa shape index (κ3) is 2.16. The number of aliphatic hydroxyl groups excluding tert-OH is 1. The summed E-state index contributed by atoms with van der Waals surface area (Å²) in [5.41, 5.74) is 0.288. The minimum Gasteiger partial charge on any atom is -0.368 e. The van der Waals surface area contributed by atoms with E-state index in [0.29, 0.717) is 0 Å². The molecule has 0 spiro atoms. The van der Waals surface area contributed by atoms with Gasteiger partial charge in [-0.1, -0.05) is 41.4 Å². The molecule has 1 aliphatic rings. The van der Waals surface area contributed by atoms with Crippen LogP contribution in [0.1, 0.15) is 5.56 Å². The van der Waals surface area contributed by atoms with E-state index in [1.54, 1.807) is 12.1 Å². The van der Waals surface area contributed by atoms with Gasteiger partial charge in [-0.05, 0) is 6.07 Å². The number of rotatable bonds is 2. The van der Waals surface area contributed by atoms with E-state index < -0.39 is 18.0 Å². The van der Waals surface area contributed by atoms with Gasteiger partial charge in [-0.3, -0.25) is 4.79 Å². The van der Waals surface area contributed by atoms with Gasteiger partial charge in [-0.2, -0.15) is 0 Å². The van der Waals surface area contributed by atoms with Crippen molar-refractivity contribution in [3.8, 4) is 0 Å². The van der Waals surface area contributed by atoms with Crippen LogP contribution in [0.5, 0.6) is 0 Å². The SMILES string of the molecule is O=C1C(Cl)=C(Cl)C(O)N1Cc1ccccc1F.